The molecule has 0 radical (unpaired) electrons. The minimum Gasteiger partial charge on any atom is -0.354 e. The third-order valence-corrected chi connectivity index (χ3v) is 3.95. The number of hydrogen-bond donors (Lipinski definition) is 2. The monoisotopic (exact) mass is 387 g/mol. The van der Waals surface area contributed by atoms with Crippen molar-refractivity contribution in [1.29, 1.82) is 0 Å². The zero-order valence-electron chi connectivity index (χ0n) is 14.8. The number of rotatable bonds is 7. The van der Waals surface area contributed by atoms with Crippen LogP contribution in [0.25, 0.3) is 0 Å². The number of nitrogens with two attached hydrogens (primary N) is 1. The number of nitrogens with one attached hydrogen (secondary N) is 1. The highest BCUT2D eigenvalue weighted by Gasteiger charge is 2.21. The average Bonchev–Trinajstić information content (AvgIpc) is 3.03. The molecule has 25 heavy (non-hydrogen) atoms. The van der Waals surface area contributed by atoms with Crippen molar-refractivity contribution in [3.05, 3.63) is 48.0 Å². The summed E-state index contributed by atoms with van der Waals surface area (Å²) in [5, 5.41) is 11.0. The van der Waals surface area contributed by atoms with Crippen LogP contribution in [0.3, 0.4) is 0 Å². The van der Waals surface area contributed by atoms with Gasteiger partial charge in [0.15, 0.2) is 0 Å². The van der Waals surface area contributed by atoms with Crippen molar-refractivity contribution < 1.29 is 4.79 Å². The number of carbonyl (C=O) groups excluding carboxylic acids is 1. The number of amides is 1. The maximum Gasteiger partial charge on any atom is 0.224 e. The summed E-state index contributed by atoms with van der Waals surface area (Å²) in [7, 11) is 0. The summed E-state index contributed by atoms with van der Waals surface area (Å²) in [5.41, 5.74) is 7.15. The molecule has 6 nitrogen and oxygen atoms in total. The van der Waals surface area contributed by atoms with Crippen molar-refractivity contribution in [3.8, 4) is 0 Å². The lowest BCUT2D eigenvalue weighted by Gasteiger charge is -2.20. The van der Waals surface area contributed by atoms with Gasteiger partial charge in [0.2, 0.25) is 5.91 Å². The first kappa shape index (κ1) is 23.4. The normalized spacial score (nSPS) is 12.7. The van der Waals surface area contributed by atoms with Crippen LogP contribution in [0, 0.1) is 5.92 Å². The lowest BCUT2D eigenvalue weighted by atomic mass is 9.95. The first-order valence-corrected chi connectivity index (χ1v) is 7.96. The molecule has 0 spiro atoms. The van der Waals surface area contributed by atoms with E-state index in [0.717, 1.165) is 11.4 Å². The lowest BCUT2D eigenvalue weighted by Crippen LogP contribution is -2.37. The van der Waals surface area contributed by atoms with Crippen LogP contribution in [0.2, 0.25) is 0 Å². The van der Waals surface area contributed by atoms with E-state index in [1.165, 1.54) is 0 Å². The van der Waals surface area contributed by atoms with E-state index in [1.54, 1.807) is 6.33 Å². The molecule has 0 aliphatic rings. The van der Waals surface area contributed by atoms with Gasteiger partial charge in [-0.15, -0.1) is 35.0 Å². The summed E-state index contributed by atoms with van der Waals surface area (Å²) >= 11 is 0. The Kier molecular flexibility index (Phi) is 10.4. The maximum atomic E-state index is 12.3. The lowest BCUT2D eigenvalue weighted by molar-refractivity contribution is -0.125. The Morgan fingerprint density at radius 2 is 1.84 bits per heavy atom. The summed E-state index contributed by atoms with van der Waals surface area (Å²) in [6.45, 7) is 7.17. The molecule has 8 heteroatoms. The molecule has 1 aromatic heterocycles. The van der Waals surface area contributed by atoms with Crippen LogP contribution in [0.1, 0.15) is 44.1 Å². The van der Waals surface area contributed by atoms with Gasteiger partial charge in [-0.1, -0.05) is 51.1 Å². The Balaban J connectivity index is 0.00000288. The maximum absolute atomic E-state index is 12.3. The summed E-state index contributed by atoms with van der Waals surface area (Å²) in [5.74, 6) is 0.898. The van der Waals surface area contributed by atoms with Crippen molar-refractivity contribution in [3.63, 3.8) is 0 Å². The fourth-order valence-corrected chi connectivity index (χ4v) is 2.47. The third-order valence-electron chi connectivity index (χ3n) is 3.95. The number of benzene rings is 1. The zero-order chi connectivity index (χ0) is 16.8. The van der Waals surface area contributed by atoms with Gasteiger partial charge in [-0.3, -0.25) is 4.79 Å². The number of hydrogen-bond acceptors (Lipinski definition) is 4. The van der Waals surface area contributed by atoms with E-state index in [2.05, 4.69) is 29.4 Å². The van der Waals surface area contributed by atoms with Crippen molar-refractivity contribution in [2.24, 2.45) is 11.7 Å². The molecule has 0 aliphatic carbocycles. The Hall–Kier alpha value is -1.63. The highest BCUT2D eigenvalue weighted by Crippen LogP contribution is 2.19. The SMILES string of the molecule is CC(C)c1nncn1CCNC(=O)C(C)C(N)c1ccccc1.Cl.Cl. The first-order valence-electron chi connectivity index (χ1n) is 7.96. The number of carbonyl (C=O) groups is 1. The Bertz CT molecular complexity index is 633. The molecule has 3 N–H and O–H groups in total. The molecule has 0 aliphatic heterocycles. The molecular weight excluding hydrogens is 361 g/mol. The largest absolute Gasteiger partial charge is 0.354 e. The summed E-state index contributed by atoms with van der Waals surface area (Å²) < 4.78 is 1.97. The second-order valence-electron chi connectivity index (χ2n) is 6.05. The second-order valence-corrected chi connectivity index (χ2v) is 6.05. The van der Waals surface area contributed by atoms with Crippen molar-refractivity contribution in [2.75, 3.05) is 6.54 Å². The van der Waals surface area contributed by atoms with Crippen LogP contribution in [0.5, 0.6) is 0 Å². The van der Waals surface area contributed by atoms with Gasteiger partial charge in [0.05, 0.1) is 5.92 Å². The quantitative estimate of drug-likeness (QED) is 0.764. The van der Waals surface area contributed by atoms with Gasteiger partial charge in [-0.25, -0.2) is 0 Å². The molecule has 0 saturated heterocycles. The standard InChI is InChI=1S/C17H25N5O.2ClH/c1-12(2)16-21-20-11-22(16)10-9-19-17(23)13(3)15(18)14-7-5-4-6-8-14;;/h4-8,11-13,15H,9-10,18H2,1-3H3,(H,19,23);2*1H. The fourth-order valence-electron chi connectivity index (χ4n) is 2.47. The Labute approximate surface area is 161 Å². The van der Waals surface area contributed by atoms with Gasteiger partial charge in [-0.05, 0) is 5.56 Å². The molecular formula is C17H27Cl2N5O. The van der Waals surface area contributed by atoms with E-state index in [9.17, 15) is 4.79 Å². The van der Waals surface area contributed by atoms with Crippen LogP contribution in [-0.4, -0.2) is 27.2 Å². The topological polar surface area (TPSA) is 85.8 Å². The first-order chi connectivity index (χ1) is 11.0. The van der Waals surface area contributed by atoms with E-state index in [0.29, 0.717) is 19.0 Å². The van der Waals surface area contributed by atoms with Gasteiger partial charge in [0.1, 0.15) is 12.2 Å². The van der Waals surface area contributed by atoms with Gasteiger partial charge in [0, 0.05) is 25.0 Å². The molecule has 0 saturated carbocycles. The molecule has 1 aromatic carbocycles. The van der Waals surface area contributed by atoms with E-state index in [-0.39, 0.29) is 42.7 Å². The van der Waals surface area contributed by atoms with Crippen LogP contribution in [0.15, 0.2) is 36.7 Å². The van der Waals surface area contributed by atoms with Gasteiger partial charge in [-0.2, -0.15) is 0 Å². The number of nitrogens with zero attached hydrogens (tertiary/aromatic N) is 3. The van der Waals surface area contributed by atoms with E-state index in [1.807, 2.05) is 41.8 Å². The fraction of sp³-hybridized carbons (Fsp3) is 0.471. The van der Waals surface area contributed by atoms with Gasteiger partial charge >= 0.3 is 0 Å². The molecule has 0 fully saturated rings. The molecule has 2 unspecified atom stereocenters. The average molecular weight is 388 g/mol. The third kappa shape index (κ3) is 6.30. The van der Waals surface area contributed by atoms with Gasteiger partial charge in [0.25, 0.3) is 0 Å². The van der Waals surface area contributed by atoms with E-state index < -0.39 is 0 Å². The van der Waals surface area contributed by atoms with E-state index >= 15 is 0 Å². The molecule has 0 bridgehead atoms. The smallest absolute Gasteiger partial charge is 0.224 e. The minimum absolute atomic E-state index is 0. The van der Waals surface area contributed by atoms with Crippen molar-refractivity contribution >= 4 is 30.7 Å². The summed E-state index contributed by atoms with van der Waals surface area (Å²) in [6.07, 6.45) is 1.70. The van der Waals surface area contributed by atoms with Crippen LogP contribution >= 0.6 is 24.8 Å². The number of halogens is 2. The van der Waals surface area contributed by atoms with E-state index in [4.69, 9.17) is 5.73 Å². The van der Waals surface area contributed by atoms with Crippen molar-refractivity contribution in [1.82, 2.24) is 20.1 Å². The van der Waals surface area contributed by atoms with Crippen molar-refractivity contribution in [2.45, 2.75) is 39.3 Å². The summed E-state index contributed by atoms with van der Waals surface area (Å²) in [6, 6.07) is 9.38. The number of aromatic nitrogens is 3. The molecule has 1 amide bonds. The second kappa shape index (κ2) is 11.1. The molecule has 2 atom stereocenters. The minimum atomic E-state index is -0.308. The van der Waals surface area contributed by atoms with Crippen LogP contribution < -0.4 is 11.1 Å². The molecule has 2 aromatic rings. The molecule has 2 rings (SSSR count). The predicted molar refractivity (Wildman–Crippen MR) is 104 cm³/mol. The molecule has 1 heterocycles. The highest BCUT2D eigenvalue weighted by molar-refractivity contribution is 5.85. The Morgan fingerprint density at radius 1 is 1.20 bits per heavy atom. The predicted octanol–water partition coefficient (Wildman–Crippen LogP) is 2.70. The molecule has 140 valence electrons. The van der Waals surface area contributed by atoms with Crippen LogP contribution in [0.4, 0.5) is 0 Å². The Morgan fingerprint density at radius 3 is 2.44 bits per heavy atom. The highest BCUT2D eigenvalue weighted by atomic mass is 35.5. The van der Waals surface area contributed by atoms with Crippen LogP contribution in [-0.2, 0) is 11.3 Å². The zero-order valence-corrected chi connectivity index (χ0v) is 16.4. The van der Waals surface area contributed by atoms with Gasteiger partial charge < -0.3 is 15.6 Å². The summed E-state index contributed by atoms with van der Waals surface area (Å²) in [4.78, 5) is 12.3.